The Morgan fingerprint density at radius 3 is 2.56 bits per heavy atom. The van der Waals surface area contributed by atoms with Gasteiger partial charge >= 0.3 is 0 Å². The van der Waals surface area contributed by atoms with E-state index in [9.17, 15) is 8.42 Å². The number of aromatic nitrogens is 1. The minimum Gasteiger partial charge on any atom is -0.245 e. The molecule has 0 aliphatic heterocycles. The van der Waals surface area contributed by atoms with Gasteiger partial charge in [0.15, 0.2) is 14.9 Å². The summed E-state index contributed by atoms with van der Waals surface area (Å²) in [7, 11) is -3.23. The van der Waals surface area contributed by atoms with Gasteiger partial charge in [0.1, 0.15) is 0 Å². The van der Waals surface area contributed by atoms with Gasteiger partial charge in [0.2, 0.25) is 0 Å². The van der Waals surface area contributed by atoms with Crippen LogP contribution in [0.15, 0.2) is 29.4 Å². The molecule has 1 heterocycles. The Morgan fingerprint density at radius 1 is 1.31 bits per heavy atom. The fourth-order valence-corrected chi connectivity index (χ4v) is 3.43. The average molecular weight is 241 g/mol. The number of nitrogens with zero attached hydrogens (tertiary/aromatic N) is 1. The van der Waals surface area contributed by atoms with Gasteiger partial charge in [-0.2, -0.15) is 0 Å². The first-order valence-electron chi connectivity index (χ1n) is 5.77. The summed E-state index contributed by atoms with van der Waals surface area (Å²) in [6.45, 7) is 3.99. The fraction of sp³-hybridized carbons (Fsp3) is 0.583. The van der Waals surface area contributed by atoms with Crippen LogP contribution in [0.2, 0.25) is 0 Å². The summed E-state index contributed by atoms with van der Waals surface area (Å²) in [4.78, 5) is 3.94. The molecule has 0 saturated heterocycles. The number of rotatable bonds is 6. The van der Waals surface area contributed by atoms with Gasteiger partial charge in [0.05, 0.1) is 5.25 Å². The zero-order chi connectivity index (χ0) is 12.0. The summed E-state index contributed by atoms with van der Waals surface area (Å²) in [6.07, 6.45) is 4.88. The third-order valence-corrected chi connectivity index (χ3v) is 4.97. The van der Waals surface area contributed by atoms with Crippen molar-refractivity contribution in [1.29, 1.82) is 0 Å². The SMILES string of the molecule is CCCCC(CC)S(=O)(=O)c1ccccn1. The number of sulfone groups is 1. The van der Waals surface area contributed by atoms with Gasteiger partial charge in [-0.3, -0.25) is 0 Å². The van der Waals surface area contributed by atoms with Crippen molar-refractivity contribution < 1.29 is 8.42 Å². The number of hydrogen-bond donors (Lipinski definition) is 0. The summed E-state index contributed by atoms with van der Waals surface area (Å²) in [5.41, 5.74) is 0. The molecule has 1 rings (SSSR count). The summed E-state index contributed by atoms with van der Waals surface area (Å²) < 4.78 is 24.4. The molecular formula is C12H19NO2S. The van der Waals surface area contributed by atoms with Crippen molar-refractivity contribution in [1.82, 2.24) is 4.98 Å². The number of hydrogen-bond acceptors (Lipinski definition) is 3. The monoisotopic (exact) mass is 241 g/mol. The third kappa shape index (κ3) is 3.04. The van der Waals surface area contributed by atoms with Crippen LogP contribution >= 0.6 is 0 Å². The van der Waals surface area contributed by atoms with Crippen molar-refractivity contribution >= 4 is 9.84 Å². The van der Waals surface area contributed by atoms with E-state index in [-0.39, 0.29) is 10.3 Å². The molecule has 0 radical (unpaired) electrons. The third-order valence-electron chi connectivity index (χ3n) is 2.70. The molecular weight excluding hydrogens is 222 g/mol. The van der Waals surface area contributed by atoms with E-state index in [0.717, 1.165) is 19.3 Å². The minimum atomic E-state index is -3.23. The van der Waals surface area contributed by atoms with Gasteiger partial charge < -0.3 is 0 Å². The first-order chi connectivity index (χ1) is 7.62. The maximum absolute atomic E-state index is 12.2. The van der Waals surface area contributed by atoms with Crippen LogP contribution in [0.3, 0.4) is 0 Å². The maximum atomic E-state index is 12.2. The Hall–Kier alpha value is -0.900. The molecule has 0 bridgehead atoms. The molecule has 1 atom stereocenters. The maximum Gasteiger partial charge on any atom is 0.198 e. The van der Waals surface area contributed by atoms with Crippen molar-refractivity contribution in [3.63, 3.8) is 0 Å². The van der Waals surface area contributed by atoms with Crippen molar-refractivity contribution in [2.45, 2.75) is 49.8 Å². The van der Waals surface area contributed by atoms with E-state index in [4.69, 9.17) is 0 Å². The number of unbranched alkanes of at least 4 members (excludes halogenated alkanes) is 1. The highest BCUT2D eigenvalue weighted by Crippen LogP contribution is 2.20. The Labute approximate surface area is 97.8 Å². The molecule has 0 N–H and O–H groups in total. The molecule has 0 aliphatic rings. The Kier molecular flexibility index (Phi) is 4.93. The molecule has 1 unspecified atom stereocenters. The molecule has 1 aromatic heterocycles. The number of pyridine rings is 1. The van der Waals surface area contributed by atoms with Crippen LogP contribution in [0.25, 0.3) is 0 Å². The van der Waals surface area contributed by atoms with Crippen LogP contribution in [-0.2, 0) is 9.84 Å². The Bertz CT molecular complexity index is 400. The molecule has 0 amide bonds. The quantitative estimate of drug-likeness (QED) is 0.769. The van der Waals surface area contributed by atoms with Gasteiger partial charge in [0, 0.05) is 6.20 Å². The molecule has 0 fully saturated rings. The first kappa shape index (κ1) is 13.2. The van der Waals surface area contributed by atoms with Crippen LogP contribution in [0.4, 0.5) is 0 Å². The van der Waals surface area contributed by atoms with Crippen molar-refractivity contribution in [2.75, 3.05) is 0 Å². The molecule has 0 spiro atoms. The lowest BCUT2D eigenvalue weighted by Gasteiger charge is -2.14. The van der Waals surface area contributed by atoms with E-state index in [1.165, 1.54) is 6.20 Å². The highest BCUT2D eigenvalue weighted by molar-refractivity contribution is 7.92. The average Bonchev–Trinajstić information content (AvgIpc) is 2.31. The van der Waals surface area contributed by atoms with Crippen LogP contribution < -0.4 is 0 Å². The minimum absolute atomic E-state index is 0.206. The topological polar surface area (TPSA) is 47.0 Å². The lowest BCUT2D eigenvalue weighted by atomic mass is 10.2. The smallest absolute Gasteiger partial charge is 0.198 e. The van der Waals surface area contributed by atoms with Crippen molar-refractivity contribution in [2.24, 2.45) is 0 Å². The summed E-state index contributed by atoms with van der Waals surface area (Å²) >= 11 is 0. The predicted octanol–water partition coefficient (Wildman–Crippen LogP) is 2.82. The second-order valence-corrected chi connectivity index (χ2v) is 6.06. The van der Waals surface area contributed by atoms with Gasteiger partial charge in [-0.25, -0.2) is 13.4 Å². The van der Waals surface area contributed by atoms with E-state index in [2.05, 4.69) is 11.9 Å². The zero-order valence-electron chi connectivity index (χ0n) is 9.89. The molecule has 90 valence electrons. The summed E-state index contributed by atoms with van der Waals surface area (Å²) in [5, 5.41) is -0.0831. The normalized spacial score (nSPS) is 13.6. The molecule has 3 nitrogen and oxygen atoms in total. The summed E-state index contributed by atoms with van der Waals surface area (Å²) in [5.74, 6) is 0. The van der Waals surface area contributed by atoms with E-state index >= 15 is 0 Å². The summed E-state index contributed by atoms with van der Waals surface area (Å²) in [6, 6.07) is 5.02. The Balaban J connectivity index is 2.91. The molecule has 4 heteroatoms. The lowest BCUT2D eigenvalue weighted by molar-refractivity contribution is 0.554. The van der Waals surface area contributed by atoms with E-state index < -0.39 is 9.84 Å². The van der Waals surface area contributed by atoms with Crippen LogP contribution in [0.5, 0.6) is 0 Å². The second kappa shape index (κ2) is 5.99. The van der Waals surface area contributed by atoms with E-state index in [0.29, 0.717) is 6.42 Å². The van der Waals surface area contributed by atoms with E-state index in [1.54, 1.807) is 18.2 Å². The van der Waals surface area contributed by atoms with Crippen LogP contribution in [0.1, 0.15) is 39.5 Å². The lowest BCUT2D eigenvalue weighted by Crippen LogP contribution is -2.21. The van der Waals surface area contributed by atoms with E-state index in [1.807, 2.05) is 6.92 Å². The van der Waals surface area contributed by atoms with Gasteiger partial charge in [-0.1, -0.05) is 32.8 Å². The van der Waals surface area contributed by atoms with Gasteiger partial charge in [0.25, 0.3) is 0 Å². The van der Waals surface area contributed by atoms with Crippen molar-refractivity contribution in [3.8, 4) is 0 Å². The van der Waals surface area contributed by atoms with Crippen molar-refractivity contribution in [3.05, 3.63) is 24.4 Å². The van der Waals surface area contributed by atoms with Gasteiger partial charge in [-0.05, 0) is 25.0 Å². The largest absolute Gasteiger partial charge is 0.245 e. The fourth-order valence-electron chi connectivity index (χ4n) is 1.70. The Morgan fingerprint density at radius 2 is 2.06 bits per heavy atom. The second-order valence-electron chi connectivity index (χ2n) is 3.89. The molecule has 1 aromatic rings. The predicted molar refractivity (Wildman–Crippen MR) is 65.0 cm³/mol. The van der Waals surface area contributed by atoms with Crippen LogP contribution in [-0.4, -0.2) is 18.7 Å². The first-order valence-corrected chi connectivity index (χ1v) is 7.32. The molecule has 16 heavy (non-hydrogen) atoms. The molecule has 0 saturated carbocycles. The highest BCUT2D eigenvalue weighted by atomic mass is 32.2. The van der Waals surface area contributed by atoms with Crippen LogP contribution in [0, 0.1) is 0 Å². The molecule has 0 aliphatic carbocycles. The standard InChI is InChI=1S/C12H19NO2S/c1-3-5-8-11(4-2)16(14,15)12-9-6-7-10-13-12/h6-7,9-11H,3-5,8H2,1-2H3. The molecule has 0 aromatic carbocycles. The highest BCUT2D eigenvalue weighted by Gasteiger charge is 2.26. The zero-order valence-corrected chi connectivity index (χ0v) is 10.7. The van der Waals surface area contributed by atoms with Gasteiger partial charge in [-0.15, -0.1) is 0 Å².